The van der Waals surface area contributed by atoms with E-state index in [0.29, 0.717) is 0 Å². The molecular weight excluding hydrogens is 288 g/mol. The lowest BCUT2D eigenvalue weighted by molar-refractivity contribution is 0.0457. The fourth-order valence-electron chi connectivity index (χ4n) is 1.86. The summed E-state index contributed by atoms with van der Waals surface area (Å²) in [5.74, 6) is 0. The molecule has 0 spiro atoms. The Hall–Kier alpha value is 0.668. The summed E-state index contributed by atoms with van der Waals surface area (Å²) < 4.78 is 29.6. The molecule has 2 unspecified atom stereocenters. The Balaban J connectivity index is 2.75. The van der Waals surface area contributed by atoms with Crippen molar-refractivity contribution in [1.29, 1.82) is 0 Å². The lowest BCUT2D eigenvalue weighted by Gasteiger charge is -2.39. The van der Waals surface area contributed by atoms with Gasteiger partial charge in [-0.2, -0.15) is 0 Å². The van der Waals surface area contributed by atoms with Gasteiger partial charge in [0.15, 0.2) is 0 Å². The molecule has 1 heterocycles. The smallest absolute Gasteiger partial charge is 0.420 e. The largest absolute Gasteiger partial charge is 0.479 e. The second kappa shape index (κ2) is 5.75. The van der Waals surface area contributed by atoms with E-state index in [0.717, 1.165) is 0 Å². The molecule has 0 saturated carbocycles. The first-order chi connectivity index (χ1) is 7.60. The minimum atomic E-state index is -2.61. The highest BCUT2D eigenvalue weighted by Crippen LogP contribution is 2.23. The molecule has 1 saturated heterocycles. The molecule has 0 bridgehead atoms. The quantitative estimate of drug-likeness (QED) is 0.676. The van der Waals surface area contributed by atoms with Crippen molar-refractivity contribution in [2.45, 2.75) is 52.6 Å². The normalized spacial score (nSPS) is 40.8. The van der Waals surface area contributed by atoms with Gasteiger partial charge in [0.2, 0.25) is 0 Å². The lowest BCUT2D eigenvalue weighted by Crippen LogP contribution is -2.57. The van der Waals surface area contributed by atoms with Crippen LogP contribution in [0.1, 0.15) is 20.8 Å². The molecule has 5 nitrogen and oxygen atoms in total. The third-order valence-corrected chi connectivity index (χ3v) is 15.2. The Kier molecular flexibility index (Phi) is 5.32. The third kappa shape index (κ3) is 5.89. The fourth-order valence-corrected chi connectivity index (χ4v) is 15.5. The Morgan fingerprint density at radius 3 is 1.65 bits per heavy atom. The summed E-state index contributed by atoms with van der Waals surface area (Å²) in [6.45, 7) is 14.0. The molecule has 9 heteroatoms. The van der Waals surface area contributed by atoms with Crippen LogP contribution in [0.25, 0.3) is 0 Å². The summed E-state index contributed by atoms with van der Waals surface area (Å²) in [6.07, 6.45) is 0. The van der Waals surface area contributed by atoms with Crippen molar-refractivity contribution in [2.24, 2.45) is 0 Å². The minimum absolute atomic E-state index is 0.272. The Morgan fingerprint density at radius 2 is 1.29 bits per heavy atom. The molecule has 1 aliphatic heterocycles. The molecule has 102 valence electrons. The van der Waals surface area contributed by atoms with Crippen LogP contribution < -0.4 is 0 Å². The number of hydrogen-bond acceptors (Lipinski definition) is 5. The molecule has 0 aromatic rings. The van der Waals surface area contributed by atoms with Gasteiger partial charge in [-0.15, -0.1) is 0 Å². The molecule has 2 atom stereocenters. The Morgan fingerprint density at radius 1 is 0.882 bits per heavy atom. The zero-order valence-corrected chi connectivity index (χ0v) is 16.2. The van der Waals surface area contributed by atoms with Crippen molar-refractivity contribution in [3.05, 3.63) is 0 Å². The molecule has 0 aromatic heterocycles. The van der Waals surface area contributed by atoms with Crippen molar-refractivity contribution in [3.8, 4) is 0 Å². The van der Waals surface area contributed by atoms with Crippen LogP contribution in [0, 0.1) is 0 Å². The zero-order chi connectivity index (χ0) is 13.3. The van der Waals surface area contributed by atoms with Crippen LogP contribution in [0.2, 0.25) is 26.2 Å². The van der Waals surface area contributed by atoms with Crippen LogP contribution in [0.3, 0.4) is 0 Å². The SMILES string of the molecule is C[SiH]1O[SiH](C)O[Si](C)(OC(C)(C)C)O[SiH](C)O1. The predicted octanol–water partition coefficient (Wildman–Crippen LogP) is 1.00. The maximum atomic E-state index is 6.00. The average Bonchev–Trinajstić information content (AvgIpc) is 1.93. The molecule has 0 amide bonds. The topological polar surface area (TPSA) is 46.2 Å². The highest BCUT2D eigenvalue weighted by atomic mass is 28.5. The second-order valence-corrected chi connectivity index (χ2v) is 14.7. The standard InChI is InChI=1S/C8H24O5Si4/c1-8(2,3)9-17(7)12-15(5)10-14(4)11-16(6)13-17/h14-16H,1-7H3. The molecule has 17 heavy (non-hydrogen) atoms. The van der Waals surface area contributed by atoms with Crippen LogP contribution in [0.4, 0.5) is 0 Å². The molecular formula is C8H24O5Si4. The first kappa shape index (κ1) is 15.7. The van der Waals surface area contributed by atoms with E-state index in [4.69, 9.17) is 20.9 Å². The predicted molar refractivity (Wildman–Crippen MR) is 75.8 cm³/mol. The van der Waals surface area contributed by atoms with E-state index < -0.39 is 36.7 Å². The van der Waals surface area contributed by atoms with Gasteiger partial charge in [-0.05, 0) is 40.4 Å². The van der Waals surface area contributed by atoms with Crippen molar-refractivity contribution in [1.82, 2.24) is 0 Å². The summed E-state index contributed by atoms with van der Waals surface area (Å²) in [7, 11) is -7.56. The van der Waals surface area contributed by atoms with E-state index in [-0.39, 0.29) is 5.60 Å². The first-order valence-corrected chi connectivity index (χ1v) is 14.5. The third-order valence-electron chi connectivity index (χ3n) is 2.02. The summed E-state index contributed by atoms with van der Waals surface area (Å²) in [4.78, 5) is 0. The molecule has 0 aliphatic carbocycles. The second-order valence-electron chi connectivity index (χ2n) is 5.29. The Labute approximate surface area is 110 Å². The van der Waals surface area contributed by atoms with E-state index in [9.17, 15) is 0 Å². The minimum Gasteiger partial charge on any atom is -0.420 e. The molecule has 1 aliphatic rings. The highest BCUT2D eigenvalue weighted by molar-refractivity contribution is 6.77. The van der Waals surface area contributed by atoms with E-state index >= 15 is 0 Å². The van der Waals surface area contributed by atoms with Crippen molar-refractivity contribution < 1.29 is 20.9 Å². The van der Waals surface area contributed by atoms with Crippen molar-refractivity contribution in [2.75, 3.05) is 0 Å². The van der Waals surface area contributed by atoms with Gasteiger partial charge in [0.25, 0.3) is 9.28 Å². The van der Waals surface area contributed by atoms with Crippen LogP contribution in [-0.4, -0.2) is 42.3 Å². The van der Waals surface area contributed by atoms with Gasteiger partial charge in [0, 0.05) is 6.55 Å². The lowest BCUT2D eigenvalue weighted by atomic mass is 10.2. The van der Waals surface area contributed by atoms with Gasteiger partial charge in [-0.25, -0.2) is 0 Å². The fraction of sp³-hybridized carbons (Fsp3) is 1.00. The molecule has 0 radical (unpaired) electrons. The molecule has 0 aromatic carbocycles. The van der Waals surface area contributed by atoms with Gasteiger partial charge in [0.1, 0.15) is 0 Å². The first-order valence-electron chi connectivity index (χ1n) is 5.96. The average molecular weight is 313 g/mol. The van der Waals surface area contributed by atoms with Crippen LogP contribution in [0.15, 0.2) is 0 Å². The van der Waals surface area contributed by atoms with E-state index in [1.165, 1.54) is 0 Å². The van der Waals surface area contributed by atoms with Gasteiger partial charge in [-0.3, -0.25) is 0 Å². The van der Waals surface area contributed by atoms with Crippen LogP contribution in [0.5, 0.6) is 0 Å². The van der Waals surface area contributed by atoms with E-state index in [1.54, 1.807) is 0 Å². The Bertz CT molecular complexity index is 245. The van der Waals surface area contributed by atoms with Crippen LogP contribution in [-0.2, 0) is 20.9 Å². The van der Waals surface area contributed by atoms with Gasteiger partial charge < -0.3 is 20.9 Å². The molecule has 1 fully saturated rings. The summed E-state index contributed by atoms with van der Waals surface area (Å²) in [6, 6.07) is 0. The van der Waals surface area contributed by atoms with E-state index in [2.05, 4.69) is 0 Å². The number of rotatable bonds is 1. The summed E-state index contributed by atoms with van der Waals surface area (Å²) >= 11 is 0. The highest BCUT2D eigenvalue weighted by Gasteiger charge is 2.44. The van der Waals surface area contributed by atoms with Crippen molar-refractivity contribution in [3.63, 3.8) is 0 Å². The van der Waals surface area contributed by atoms with E-state index in [1.807, 2.05) is 47.0 Å². The maximum Gasteiger partial charge on any atom is 0.479 e. The monoisotopic (exact) mass is 312 g/mol. The van der Waals surface area contributed by atoms with Gasteiger partial charge in [0.05, 0.1) is 5.60 Å². The molecule has 0 N–H and O–H groups in total. The summed E-state index contributed by atoms with van der Waals surface area (Å²) in [5.41, 5.74) is -0.272. The summed E-state index contributed by atoms with van der Waals surface area (Å²) in [5, 5.41) is 0. The maximum absolute atomic E-state index is 6.00. The van der Waals surface area contributed by atoms with Crippen LogP contribution >= 0.6 is 0 Å². The van der Waals surface area contributed by atoms with Crippen molar-refractivity contribution >= 4 is 36.7 Å². The molecule has 1 rings (SSSR count). The van der Waals surface area contributed by atoms with Gasteiger partial charge >= 0.3 is 27.4 Å². The number of hydrogen-bond donors (Lipinski definition) is 0. The zero-order valence-electron chi connectivity index (χ0n) is 11.8. The van der Waals surface area contributed by atoms with Gasteiger partial charge in [-0.1, -0.05) is 0 Å².